The maximum atomic E-state index is 14.2. The van der Waals surface area contributed by atoms with Crippen LogP contribution in [-0.2, 0) is 30.3 Å². The highest BCUT2D eigenvalue weighted by atomic mass is 19.1. The molecule has 0 aliphatic carbocycles. The predicted octanol–water partition coefficient (Wildman–Crippen LogP) is 1.67. The van der Waals surface area contributed by atoms with Crippen LogP contribution in [0.2, 0.25) is 0 Å². The molecule has 2 aromatic heterocycles. The molecule has 4 rings (SSSR count). The van der Waals surface area contributed by atoms with E-state index in [4.69, 9.17) is 38.9 Å². The van der Waals surface area contributed by atoms with Crippen LogP contribution >= 0.6 is 0 Å². The van der Waals surface area contributed by atoms with E-state index in [2.05, 4.69) is 0 Å². The lowest BCUT2D eigenvalue weighted by atomic mass is 10.2. The van der Waals surface area contributed by atoms with Gasteiger partial charge in [0.25, 0.3) is 0 Å². The Kier molecular flexibility index (Phi) is 13.0. The fraction of sp³-hybridized carbons (Fsp3) is 0.581. The fourth-order valence-corrected chi connectivity index (χ4v) is 5.09. The number of ether oxygens (including phenoxy) is 4. The highest BCUT2D eigenvalue weighted by molar-refractivity contribution is 5.96. The number of benzene rings is 1. The highest BCUT2D eigenvalue weighted by Crippen LogP contribution is 2.33. The van der Waals surface area contributed by atoms with Crippen molar-refractivity contribution >= 4 is 40.5 Å². The maximum absolute atomic E-state index is 14.2. The van der Waals surface area contributed by atoms with E-state index < -0.39 is 0 Å². The molecular formula is C31H46FN9O5. The van der Waals surface area contributed by atoms with Gasteiger partial charge in [0.2, 0.25) is 17.8 Å². The molecule has 252 valence electrons. The van der Waals surface area contributed by atoms with Crippen LogP contribution in [0.5, 0.6) is 0 Å². The monoisotopic (exact) mass is 643 g/mol. The Bertz CT molecular complexity index is 1420. The van der Waals surface area contributed by atoms with Crippen molar-refractivity contribution in [1.82, 2.24) is 24.8 Å². The second-order valence-corrected chi connectivity index (χ2v) is 11.1. The Morgan fingerprint density at radius 1 is 0.804 bits per heavy atom. The molecule has 1 aromatic carbocycles. The summed E-state index contributed by atoms with van der Waals surface area (Å²) in [4.78, 5) is 42.7. The van der Waals surface area contributed by atoms with Gasteiger partial charge >= 0.3 is 0 Å². The van der Waals surface area contributed by atoms with Gasteiger partial charge < -0.3 is 43.4 Å². The molecule has 0 bridgehead atoms. The van der Waals surface area contributed by atoms with E-state index in [9.17, 15) is 9.18 Å². The maximum Gasteiger partial charge on any atom is 0.241 e. The summed E-state index contributed by atoms with van der Waals surface area (Å²) >= 11 is 0. The Morgan fingerprint density at radius 3 is 1.91 bits per heavy atom. The number of fused-ring (bicyclic) bond motifs is 1. The van der Waals surface area contributed by atoms with Crippen molar-refractivity contribution < 1.29 is 28.1 Å². The van der Waals surface area contributed by atoms with Gasteiger partial charge in [-0.3, -0.25) is 4.79 Å². The lowest BCUT2D eigenvalue weighted by Gasteiger charge is -2.34. The number of hydrogen-bond acceptors (Lipinski definition) is 13. The molecule has 15 heteroatoms. The molecule has 1 saturated heterocycles. The molecule has 1 fully saturated rings. The number of rotatable bonds is 18. The molecule has 0 spiro atoms. The van der Waals surface area contributed by atoms with E-state index in [1.807, 2.05) is 32.7 Å². The first kappa shape index (κ1) is 34.9. The third kappa shape index (κ3) is 8.87. The molecular weight excluding hydrogens is 597 g/mol. The van der Waals surface area contributed by atoms with Gasteiger partial charge in [0.1, 0.15) is 16.9 Å². The normalized spacial score (nSPS) is 13.5. The van der Waals surface area contributed by atoms with Crippen LogP contribution in [0.3, 0.4) is 0 Å². The Morgan fingerprint density at radius 2 is 1.37 bits per heavy atom. The second-order valence-electron chi connectivity index (χ2n) is 11.1. The van der Waals surface area contributed by atoms with Crippen LogP contribution in [0, 0.1) is 5.82 Å². The van der Waals surface area contributed by atoms with E-state index in [0.717, 1.165) is 5.56 Å². The number of halogens is 1. The smallest absolute Gasteiger partial charge is 0.241 e. The molecule has 1 aliphatic rings. The van der Waals surface area contributed by atoms with Crippen LogP contribution in [0.25, 0.3) is 11.0 Å². The first-order valence-corrected chi connectivity index (χ1v) is 15.3. The molecule has 0 N–H and O–H groups in total. The predicted molar refractivity (Wildman–Crippen MR) is 175 cm³/mol. The molecule has 0 atom stereocenters. The lowest BCUT2D eigenvalue weighted by molar-refractivity contribution is -0.129. The van der Waals surface area contributed by atoms with Crippen LogP contribution < -0.4 is 19.6 Å². The summed E-state index contributed by atoms with van der Waals surface area (Å²) < 4.78 is 35.7. The summed E-state index contributed by atoms with van der Waals surface area (Å²) in [5.41, 5.74) is 1.78. The fourth-order valence-electron chi connectivity index (χ4n) is 5.09. The summed E-state index contributed by atoms with van der Waals surface area (Å²) in [7, 11) is 10.3. The Hall–Kier alpha value is -3.92. The minimum Gasteiger partial charge on any atom is -0.383 e. The van der Waals surface area contributed by atoms with Crippen LogP contribution in [0.1, 0.15) is 5.56 Å². The largest absolute Gasteiger partial charge is 0.383 e. The number of piperazine rings is 1. The molecule has 3 aromatic rings. The van der Waals surface area contributed by atoms with Gasteiger partial charge in [0.15, 0.2) is 11.6 Å². The third-order valence-corrected chi connectivity index (χ3v) is 7.74. The summed E-state index contributed by atoms with van der Waals surface area (Å²) in [6, 6.07) is 6.48. The first-order chi connectivity index (χ1) is 22.3. The van der Waals surface area contributed by atoms with E-state index in [1.54, 1.807) is 46.5 Å². The van der Waals surface area contributed by atoms with Crippen molar-refractivity contribution in [3.05, 3.63) is 35.6 Å². The summed E-state index contributed by atoms with van der Waals surface area (Å²) in [6.07, 6.45) is 0. The Labute approximate surface area is 270 Å². The van der Waals surface area contributed by atoms with Gasteiger partial charge in [0, 0.05) is 88.3 Å². The number of methoxy groups -OCH3 is 4. The lowest BCUT2D eigenvalue weighted by Crippen LogP contribution is -2.49. The van der Waals surface area contributed by atoms with Crippen molar-refractivity contribution in [3.8, 4) is 0 Å². The molecule has 14 nitrogen and oxygen atoms in total. The van der Waals surface area contributed by atoms with E-state index in [0.29, 0.717) is 107 Å². The van der Waals surface area contributed by atoms with E-state index in [1.165, 1.54) is 12.1 Å². The molecule has 1 aliphatic heterocycles. The number of anilines is 4. The van der Waals surface area contributed by atoms with Crippen molar-refractivity contribution in [1.29, 1.82) is 0 Å². The topological polar surface area (TPSA) is 122 Å². The number of aromatic nitrogens is 4. The van der Waals surface area contributed by atoms with Gasteiger partial charge in [0.05, 0.1) is 33.0 Å². The third-order valence-electron chi connectivity index (χ3n) is 7.74. The zero-order valence-electron chi connectivity index (χ0n) is 27.7. The minimum absolute atomic E-state index is 0.0188. The highest BCUT2D eigenvalue weighted by Gasteiger charge is 2.29. The molecule has 1 amide bonds. The van der Waals surface area contributed by atoms with E-state index in [-0.39, 0.29) is 18.3 Å². The van der Waals surface area contributed by atoms with Crippen LogP contribution in [0.4, 0.5) is 27.9 Å². The SMILES string of the molecule is COCCN(CCOC)c1nc(N2CCN(C)C(=O)C2)c2nc(N(CCOC)CCOC)nc(N(C)Cc3cccc(F)c3)c2n1. The van der Waals surface area contributed by atoms with Gasteiger partial charge in [-0.25, -0.2) is 14.4 Å². The number of carbonyl (C=O) groups is 1. The summed E-state index contributed by atoms with van der Waals surface area (Å²) in [5.74, 6) is 1.61. The number of hydrogen-bond donors (Lipinski definition) is 0. The molecule has 0 saturated carbocycles. The number of amides is 1. The summed E-state index contributed by atoms with van der Waals surface area (Å²) in [6.45, 7) is 5.45. The van der Waals surface area contributed by atoms with Gasteiger partial charge in [-0.2, -0.15) is 9.97 Å². The van der Waals surface area contributed by atoms with Crippen molar-refractivity contribution in [2.24, 2.45) is 0 Å². The molecule has 0 unspecified atom stereocenters. The molecule has 0 radical (unpaired) electrons. The van der Waals surface area contributed by atoms with Gasteiger partial charge in [-0.1, -0.05) is 12.1 Å². The Balaban J connectivity index is 1.96. The molecule has 3 heterocycles. The number of likely N-dealkylation sites (N-methyl/N-ethyl adjacent to an activating group) is 1. The average molecular weight is 644 g/mol. The van der Waals surface area contributed by atoms with Crippen molar-refractivity contribution in [2.45, 2.75) is 6.54 Å². The average Bonchev–Trinajstić information content (AvgIpc) is 3.05. The molecule has 46 heavy (non-hydrogen) atoms. The zero-order chi connectivity index (χ0) is 33.1. The minimum atomic E-state index is -0.317. The summed E-state index contributed by atoms with van der Waals surface area (Å²) in [5, 5.41) is 0. The zero-order valence-corrected chi connectivity index (χ0v) is 27.7. The van der Waals surface area contributed by atoms with Crippen LogP contribution in [-0.4, -0.2) is 146 Å². The number of carbonyl (C=O) groups excluding carboxylic acids is 1. The van der Waals surface area contributed by atoms with E-state index >= 15 is 0 Å². The number of nitrogens with zero attached hydrogens (tertiary/aromatic N) is 9. The first-order valence-electron chi connectivity index (χ1n) is 15.3. The standard InChI is InChI=1S/C31H46FN9O5/c1-37-10-11-41(22-25(37)42)29-27-26(33-31(36-29)40(14-18-45-5)15-19-46-6)28(38(2)21-23-8-7-9-24(32)20-23)35-30(34-27)39(12-16-43-3)13-17-44-4/h7-9,20H,10-19,21-22H2,1-6H3. The van der Waals surface area contributed by atoms with Gasteiger partial charge in [-0.05, 0) is 17.7 Å². The quantitative estimate of drug-likeness (QED) is 0.200. The van der Waals surface area contributed by atoms with Gasteiger partial charge in [-0.15, -0.1) is 0 Å². The van der Waals surface area contributed by atoms with Crippen LogP contribution in [0.15, 0.2) is 24.3 Å². The second kappa shape index (κ2) is 17.1. The van der Waals surface area contributed by atoms with Crippen molar-refractivity contribution in [2.75, 3.05) is 134 Å². The van der Waals surface area contributed by atoms with Crippen molar-refractivity contribution in [3.63, 3.8) is 0 Å².